The lowest BCUT2D eigenvalue weighted by atomic mass is 9.86. The van der Waals surface area contributed by atoms with Gasteiger partial charge in [0, 0.05) is 59.5 Å². The fraction of sp³-hybridized carbons (Fsp3) is 0.419. The number of halogens is 2. The van der Waals surface area contributed by atoms with Gasteiger partial charge in [-0.25, -0.2) is 4.98 Å². The Balaban J connectivity index is 0.965. The van der Waals surface area contributed by atoms with E-state index in [0.717, 1.165) is 54.1 Å². The third-order valence-corrected chi connectivity index (χ3v) is 8.94. The Morgan fingerprint density at radius 1 is 0.703 bits per heavy atom. The molecule has 2 fully saturated rings. The Kier molecular flexibility index (Phi) is 7.39. The maximum absolute atomic E-state index is 6.18. The van der Waals surface area contributed by atoms with Crippen molar-refractivity contribution in [3.05, 3.63) is 71.0 Å². The van der Waals surface area contributed by atoms with Crippen LogP contribution >= 0.6 is 23.2 Å². The van der Waals surface area contributed by atoms with Crippen LogP contribution in [0.1, 0.15) is 44.9 Å². The number of hydrogen-bond acceptors (Lipinski definition) is 4. The zero-order valence-electron chi connectivity index (χ0n) is 21.3. The largest absolute Gasteiger partial charge is 0.371 e. The Hall–Kier alpha value is -2.56. The van der Waals surface area contributed by atoms with Gasteiger partial charge in [-0.3, -0.25) is 4.98 Å². The van der Waals surface area contributed by atoms with E-state index in [9.17, 15) is 0 Å². The summed E-state index contributed by atoms with van der Waals surface area (Å²) in [4.78, 5) is 14.1. The van der Waals surface area contributed by atoms with Crippen molar-refractivity contribution in [2.24, 2.45) is 11.8 Å². The van der Waals surface area contributed by atoms with E-state index < -0.39 is 0 Å². The molecule has 4 nitrogen and oxygen atoms in total. The second-order valence-corrected chi connectivity index (χ2v) is 11.6. The molecule has 2 aromatic carbocycles. The Morgan fingerprint density at radius 2 is 1.32 bits per heavy atom. The molecule has 0 N–H and O–H groups in total. The summed E-state index contributed by atoms with van der Waals surface area (Å²) in [6.45, 7) is 4.54. The molecule has 0 bridgehead atoms. The quantitative estimate of drug-likeness (QED) is 0.233. The monoisotopic (exact) mass is 532 g/mol. The summed E-state index contributed by atoms with van der Waals surface area (Å²) in [6.07, 6.45) is 11.2. The lowest BCUT2D eigenvalue weighted by molar-refractivity contribution is 0.325. The topological polar surface area (TPSA) is 32.3 Å². The van der Waals surface area contributed by atoms with Crippen molar-refractivity contribution < 1.29 is 0 Å². The highest BCUT2D eigenvalue weighted by Crippen LogP contribution is 2.34. The second-order valence-electron chi connectivity index (χ2n) is 10.8. The number of rotatable bonds is 6. The van der Waals surface area contributed by atoms with Crippen LogP contribution < -0.4 is 9.80 Å². The number of nitrogens with zero attached hydrogens (tertiary/aromatic N) is 4. The molecule has 192 valence electrons. The van der Waals surface area contributed by atoms with Gasteiger partial charge in [0.25, 0.3) is 0 Å². The highest BCUT2D eigenvalue weighted by Gasteiger charge is 2.23. The van der Waals surface area contributed by atoms with Gasteiger partial charge in [-0.05, 0) is 86.1 Å². The van der Waals surface area contributed by atoms with E-state index >= 15 is 0 Å². The zero-order valence-corrected chi connectivity index (χ0v) is 22.8. The summed E-state index contributed by atoms with van der Waals surface area (Å²) in [5.74, 6) is 1.71. The van der Waals surface area contributed by atoms with E-state index in [2.05, 4.69) is 56.2 Å². The minimum atomic E-state index is 0.560. The molecule has 4 aromatic rings. The van der Waals surface area contributed by atoms with E-state index in [0.29, 0.717) is 5.15 Å². The van der Waals surface area contributed by atoms with Crippen molar-refractivity contribution in [1.82, 2.24) is 9.97 Å². The fourth-order valence-electron chi connectivity index (χ4n) is 6.39. The second kappa shape index (κ2) is 11.0. The molecule has 0 saturated carbocycles. The van der Waals surface area contributed by atoms with Crippen LogP contribution in [0, 0.1) is 11.8 Å². The smallest absolute Gasteiger partial charge is 0.129 e. The summed E-state index contributed by atoms with van der Waals surface area (Å²) in [5, 5.41) is 3.73. The lowest BCUT2D eigenvalue weighted by Crippen LogP contribution is -2.34. The minimum Gasteiger partial charge on any atom is -0.371 e. The third-order valence-electron chi connectivity index (χ3n) is 8.49. The molecular weight excluding hydrogens is 499 g/mol. The summed E-state index contributed by atoms with van der Waals surface area (Å²) in [7, 11) is 0. The molecular formula is C31H34Cl2N4. The Labute approximate surface area is 229 Å². The molecule has 2 aliphatic heterocycles. The highest BCUT2D eigenvalue weighted by atomic mass is 35.5. The molecule has 0 atom stereocenters. The Morgan fingerprint density at radius 3 is 2.03 bits per heavy atom. The van der Waals surface area contributed by atoms with Crippen molar-refractivity contribution in [3.8, 4) is 0 Å². The fourth-order valence-corrected chi connectivity index (χ4v) is 6.71. The molecule has 2 aromatic heterocycles. The van der Waals surface area contributed by atoms with Crippen LogP contribution in [0.3, 0.4) is 0 Å². The normalized spacial score (nSPS) is 17.7. The minimum absolute atomic E-state index is 0.560. The predicted octanol–water partition coefficient (Wildman–Crippen LogP) is 8.39. The molecule has 2 aliphatic rings. The van der Waals surface area contributed by atoms with Crippen LogP contribution in [0.2, 0.25) is 10.2 Å². The van der Waals surface area contributed by atoms with E-state index in [-0.39, 0.29) is 0 Å². The van der Waals surface area contributed by atoms with Gasteiger partial charge in [0.2, 0.25) is 0 Å². The van der Waals surface area contributed by atoms with Crippen LogP contribution in [0.25, 0.3) is 21.8 Å². The standard InChI is InChI=1S/C31H34Cl2N4/c32-24-7-8-26-28(21-24)34-16-11-30(26)37-19-14-23(15-20-37)4-1-3-22-12-17-36(18-13-22)29-6-2-5-27-25(29)9-10-31(33)35-27/h2,5-11,16,21-23H,1,3-4,12-15,17-20H2. The van der Waals surface area contributed by atoms with Gasteiger partial charge in [0.05, 0.1) is 11.0 Å². The molecule has 0 radical (unpaired) electrons. The summed E-state index contributed by atoms with van der Waals surface area (Å²) in [5.41, 5.74) is 4.58. The number of anilines is 2. The van der Waals surface area contributed by atoms with Crippen LogP contribution in [0.15, 0.2) is 60.8 Å². The van der Waals surface area contributed by atoms with Gasteiger partial charge in [-0.15, -0.1) is 0 Å². The van der Waals surface area contributed by atoms with Gasteiger partial charge < -0.3 is 9.80 Å². The van der Waals surface area contributed by atoms with Crippen molar-refractivity contribution in [2.45, 2.75) is 44.9 Å². The maximum Gasteiger partial charge on any atom is 0.129 e. The maximum atomic E-state index is 6.18. The van der Waals surface area contributed by atoms with Crippen molar-refractivity contribution in [3.63, 3.8) is 0 Å². The highest BCUT2D eigenvalue weighted by molar-refractivity contribution is 6.31. The molecule has 6 heteroatoms. The molecule has 4 heterocycles. The Bertz CT molecular complexity index is 1270. The van der Waals surface area contributed by atoms with Gasteiger partial charge in [-0.1, -0.05) is 48.5 Å². The number of benzene rings is 2. The summed E-state index contributed by atoms with van der Waals surface area (Å²) in [6, 6.07) is 18.6. The first-order valence-corrected chi connectivity index (χ1v) is 14.5. The molecule has 0 amide bonds. The van der Waals surface area contributed by atoms with E-state index in [1.165, 1.54) is 67.1 Å². The van der Waals surface area contributed by atoms with Crippen molar-refractivity contribution in [1.29, 1.82) is 0 Å². The van der Waals surface area contributed by atoms with Gasteiger partial charge in [0.15, 0.2) is 0 Å². The zero-order chi connectivity index (χ0) is 25.2. The first kappa shape index (κ1) is 24.8. The first-order valence-electron chi connectivity index (χ1n) is 13.7. The van der Waals surface area contributed by atoms with Crippen LogP contribution in [-0.2, 0) is 0 Å². The number of fused-ring (bicyclic) bond motifs is 2. The average Bonchev–Trinajstić information content (AvgIpc) is 2.93. The third kappa shape index (κ3) is 5.51. The number of hydrogen-bond donors (Lipinski definition) is 0. The summed E-state index contributed by atoms with van der Waals surface area (Å²) < 4.78 is 0. The predicted molar refractivity (Wildman–Crippen MR) is 157 cm³/mol. The molecule has 0 aliphatic carbocycles. The summed E-state index contributed by atoms with van der Waals surface area (Å²) >= 11 is 12.3. The van der Waals surface area contributed by atoms with Crippen LogP contribution in [-0.4, -0.2) is 36.1 Å². The average molecular weight is 534 g/mol. The molecule has 0 spiro atoms. The molecule has 37 heavy (non-hydrogen) atoms. The lowest BCUT2D eigenvalue weighted by Gasteiger charge is -2.35. The van der Waals surface area contributed by atoms with Crippen LogP contribution in [0.5, 0.6) is 0 Å². The first-order chi connectivity index (χ1) is 18.1. The van der Waals surface area contributed by atoms with E-state index in [4.69, 9.17) is 23.2 Å². The van der Waals surface area contributed by atoms with Crippen molar-refractivity contribution >= 4 is 56.4 Å². The van der Waals surface area contributed by atoms with Gasteiger partial charge in [-0.2, -0.15) is 0 Å². The molecule has 6 rings (SSSR count). The van der Waals surface area contributed by atoms with E-state index in [1.807, 2.05) is 24.4 Å². The van der Waals surface area contributed by atoms with Crippen LogP contribution in [0.4, 0.5) is 11.4 Å². The number of aromatic nitrogens is 2. The van der Waals surface area contributed by atoms with Gasteiger partial charge in [0.1, 0.15) is 5.15 Å². The number of piperidine rings is 2. The van der Waals surface area contributed by atoms with Gasteiger partial charge >= 0.3 is 0 Å². The number of pyridine rings is 2. The SMILES string of the molecule is Clc1ccc2c(N3CCC(CCCC4CCN(c5cccc6nc(Cl)ccc56)CC4)CC3)ccnc2c1. The molecule has 0 unspecified atom stereocenters. The van der Waals surface area contributed by atoms with E-state index in [1.54, 1.807) is 0 Å². The van der Waals surface area contributed by atoms with Crippen molar-refractivity contribution in [2.75, 3.05) is 36.0 Å². The molecule has 2 saturated heterocycles.